The molecule has 0 aromatic heterocycles. The van der Waals surface area contributed by atoms with Gasteiger partial charge in [0.25, 0.3) is 0 Å². The number of hydrogen-bond donors (Lipinski definition) is 3. The Morgan fingerprint density at radius 3 is 2.17 bits per heavy atom. The molecule has 29 heavy (non-hydrogen) atoms. The van der Waals surface area contributed by atoms with E-state index >= 15 is 0 Å². The third-order valence-corrected chi connectivity index (χ3v) is 6.14. The van der Waals surface area contributed by atoms with E-state index in [4.69, 9.17) is 4.74 Å². The molecule has 150 valence electrons. The van der Waals surface area contributed by atoms with Crippen LogP contribution in [0.5, 0.6) is 11.5 Å². The van der Waals surface area contributed by atoms with Gasteiger partial charge in [-0.3, -0.25) is 14.4 Å². The molecule has 7 nitrogen and oxygen atoms in total. The highest BCUT2D eigenvalue weighted by molar-refractivity contribution is 6.30. The second-order valence-electron chi connectivity index (χ2n) is 7.46. The maximum Gasteiger partial charge on any atom is 0.316 e. The zero-order valence-corrected chi connectivity index (χ0v) is 16.0. The van der Waals surface area contributed by atoms with E-state index in [0.29, 0.717) is 0 Å². The monoisotopic (exact) mass is 396 g/mol. The van der Waals surface area contributed by atoms with Gasteiger partial charge in [0.1, 0.15) is 17.4 Å². The SMILES string of the molecule is CC[C@@]1(O)CCc2c(O)c3c(c(O)c2C1C(=O)OC)C(=O)c1ccccc1C3=O. The van der Waals surface area contributed by atoms with E-state index in [1.807, 2.05) is 0 Å². The summed E-state index contributed by atoms with van der Waals surface area (Å²) >= 11 is 0. The highest BCUT2D eigenvalue weighted by atomic mass is 16.5. The number of methoxy groups -OCH3 is 1. The molecule has 1 unspecified atom stereocenters. The van der Waals surface area contributed by atoms with E-state index in [9.17, 15) is 29.7 Å². The number of phenols is 2. The average Bonchev–Trinajstić information content (AvgIpc) is 2.73. The van der Waals surface area contributed by atoms with Gasteiger partial charge in [-0.1, -0.05) is 31.2 Å². The van der Waals surface area contributed by atoms with E-state index < -0.39 is 40.6 Å². The van der Waals surface area contributed by atoms with Crippen LogP contribution in [0.25, 0.3) is 0 Å². The molecular weight excluding hydrogens is 376 g/mol. The smallest absolute Gasteiger partial charge is 0.316 e. The topological polar surface area (TPSA) is 121 Å². The molecule has 2 aliphatic rings. The number of aliphatic hydroxyl groups is 1. The highest BCUT2D eigenvalue weighted by Crippen LogP contribution is 2.52. The summed E-state index contributed by atoms with van der Waals surface area (Å²) in [5, 5.41) is 33.0. The number of rotatable bonds is 2. The fraction of sp³-hybridized carbons (Fsp3) is 0.318. The van der Waals surface area contributed by atoms with Crippen molar-refractivity contribution in [2.45, 2.75) is 37.7 Å². The molecule has 0 saturated carbocycles. The summed E-state index contributed by atoms with van der Waals surface area (Å²) < 4.78 is 4.84. The van der Waals surface area contributed by atoms with Crippen molar-refractivity contribution in [2.24, 2.45) is 0 Å². The first-order valence-electron chi connectivity index (χ1n) is 9.36. The summed E-state index contributed by atoms with van der Waals surface area (Å²) in [7, 11) is 1.16. The molecule has 0 heterocycles. The van der Waals surface area contributed by atoms with Crippen LogP contribution in [-0.4, -0.2) is 45.6 Å². The van der Waals surface area contributed by atoms with Crippen molar-refractivity contribution in [1.82, 2.24) is 0 Å². The number of benzene rings is 2. The van der Waals surface area contributed by atoms with Gasteiger partial charge in [0.05, 0.1) is 23.8 Å². The third-order valence-electron chi connectivity index (χ3n) is 6.14. The summed E-state index contributed by atoms with van der Waals surface area (Å²) in [6.07, 6.45) is 0.447. The molecular formula is C22H20O7. The van der Waals surface area contributed by atoms with Crippen molar-refractivity contribution >= 4 is 17.5 Å². The summed E-state index contributed by atoms with van der Waals surface area (Å²) in [4.78, 5) is 38.6. The lowest BCUT2D eigenvalue weighted by molar-refractivity contribution is -0.151. The summed E-state index contributed by atoms with van der Waals surface area (Å²) in [5.41, 5.74) is -1.76. The normalized spacial score (nSPS) is 22.5. The van der Waals surface area contributed by atoms with Crippen LogP contribution >= 0.6 is 0 Å². The van der Waals surface area contributed by atoms with Gasteiger partial charge in [-0.2, -0.15) is 0 Å². The summed E-state index contributed by atoms with van der Waals surface area (Å²) in [6, 6.07) is 6.16. The molecule has 0 fully saturated rings. The Balaban J connectivity index is 2.06. The Labute approximate surface area is 166 Å². The Morgan fingerprint density at radius 1 is 1.10 bits per heavy atom. The number of aromatic hydroxyl groups is 2. The fourth-order valence-electron chi connectivity index (χ4n) is 4.54. The highest BCUT2D eigenvalue weighted by Gasteiger charge is 2.50. The predicted octanol–water partition coefficient (Wildman–Crippen LogP) is 2.22. The Kier molecular flexibility index (Phi) is 4.24. The van der Waals surface area contributed by atoms with Crippen LogP contribution < -0.4 is 0 Å². The van der Waals surface area contributed by atoms with E-state index in [1.165, 1.54) is 12.1 Å². The third kappa shape index (κ3) is 2.43. The standard InChI is InChI=1S/C22H20O7/c1-3-22(28)9-8-12-13(16(22)21(27)29-2)20(26)15-14(19(12)25)17(23)10-6-4-5-7-11(10)18(15)24/h4-7,16,25-26,28H,3,8-9H2,1-2H3/t16?,22-/m1/s1. The van der Waals surface area contributed by atoms with Crippen LogP contribution in [0.3, 0.4) is 0 Å². The summed E-state index contributed by atoms with van der Waals surface area (Å²) in [5.74, 6) is -4.29. The van der Waals surface area contributed by atoms with Gasteiger partial charge in [0, 0.05) is 22.3 Å². The zero-order valence-electron chi connectivity index (χ0n) is 16.0. The molecule has 0 radical (unpaired) electrons. The van der Waals surface area contributed by atoms with Crippen molar-refractivity contribution in [1.29, 1.82) is 0 Å². The predicted molar refractivity (Wildman–Crippen MR) is 101 cm³/mol. The number of fused-ring (bicyclic) bond motifs is 3. The summed E-state index contributed by atoms with van der Waals surface area (Å²) in [6.45, 7) is 1.70. The Hall–Kier alpha value is -3.19. The first-order valence-corrected chi connectivity index (χ1v) is 9.36. The quantitative estimate of drug-likeness (QED) is 0.448. The first-order chi connectivity index (χ1) is 13.8. The van der Waals surface area contributed by atoms with Crippen molar-refractivity contribution < 1.29 is 34.4 Å². The number of phenolic OH excluding ortho intramolecular Hbond substituents is 2. The maximum atomic E-state index is 13.1. The van der Waals surface area contributed by atoms with Crippen LogP contribution in [0.1, 0.15) is 68.7 Å². The molecule has 2 aromatic carbocycles. The van der Waals surface area contributed by atoms with Crippen LogP contribution in [0.2, 0.25) is 0 Å². The molecule has 7 heteroatoms. The molecule has 2 atom stereocenters. The largest absolute Gasteiger partial charge is 0.507 e. The molecule has 0 spiro atoms. The van der Waals surface area contributed by atoms with E-state index in [2.05, 4.69) is 0 Å². The second-order valence-corrected chi connectivity index (χ2v) is 7.46. The van der Waals surface area contributed by atoms with Crippen LogP contribution in [0, 0.1) is 0 Å². The Bertz CT molecular complexity index is 1090. The minimum Gasteiger partial charge on any atom is -0.507 e. The lowest BCUT2D eigenvalue weighted by atomic mass is 9.67. The molecule has 0 amide bonds. The fourth-order valence-corrected chi connectivity index (χ4v) is 4.54. The van der Waals surface area contributed by atoms with E-state index in [1.54, 1.807) is 19.1 Å². The molecule has 0 bridgehead atoms. The van der Waals surface area contributed by atoms with E-state index in [0.717, 1.165) is 7.11 Å². The number of carbonyl (C=O) groups is 3. The van der Waals surface area contributed by atoms with Gasteiger partial charge in [-0.15, -0.1) is 0 Å². The molecule has 2 aromatic rings. The first kappa shape index (κ1) is 19.1. The van der Waals surface area contributed by atoms with Gasteiger partial charge in [-0.05, 0) is 19.3 Å². The number of hydrogen-bond acceptors (Lipinski definition) is 7. The Morgan fingerprint density at radius 2 is 1.66 bits per heavy atom. The molecule has 3 N–H and O–H groups in total. The lowest BCUT2D eigenvalue weighted by Gasteiger charge is -2.40. The number of carbonyl (C=O) groups excluding carboxylic acids is 3. The molecule has 0 saturated heterocycles. The number of ether oxygens (including phenoxy) is 1. The number of esters is 1. The molecule has 4 rings (SSSR count). The van der Waals surface area contributed by atoms with Crippen molar-refractivity contribution in [2.75, 3.05) is 7.11 Å². The van der Waals surface area contributed by atoms with E-state index in [-0.39, 0.29) is 52.6 Å². The second kappa shape index (κ2) is 6.42. The van der Waals surface area contributed by atoms with Crippen molar-refractivity contribution in [3.05, 3.63) is 57.6 Å². The van der Waals surface area contributed by atoms with Gasteiger partial charge in [0.15, 0.2) is 11.6 Å². The average molecular weight is 396 g/mol. The lowest BCUT2D eigenvalue weighted by Crippen LogP contribution is -2.44. The van der Waals surface area contributed by atoms with Gasteiger partial charge < -0.3 is 20.1 Å². The van der Waals surface area contributed by atoms with Crippen LogP contribution in [-0.2, 0) is 16.0 Å². The van der Waals surface area contributed by atoms with Crippen molar-refractivity contribution in [3.63, 3.8) is 0 Å². The van der Waals surface area contributed by atoms with Crippen LogP contribution in [0.4, 0.5) is 0 Å². The van der Waals surface area contributed by atoms with Crippen LogP contribution in [0.15, 0.2) is 24.3 Å². The molecule has 0 aliphatic heterocycles. The minimum absolute atomic E-state index is 0.0516. The van der Waals surface area contributed by atoms with Crippen molar-refractivity contribution in [3.8, 4) is 11.5 Å². The molecule has 2 aliphatic carbocycles. The van der Waals surface area contributed by atoms with Gasteiger partial charge >= 0.3 is 5.97 Å². The number of ketones is 2. The van der Waals surface area contributed by atoms with Gasteiger partial charge in [-0.25, -0.2) is 0 Å². The zero-order chi connectivity index (χ0) is 21.1. The maximum absolute atomic E-state index is 13.1. The minimum atomic E-state index is -1.52. The van der Waals surface area contributed by atoms with Gasteiger partial charge in [0.2, 0.25) is 0 Å².